The van der Waals surface area contributed by atoms with Crippen LogP contribution in [-0.4, -0.2) is 30.4 Å². The number of nitrogens with zero attached hydrogens (tertiary/aromatic N) is 1. The minimum absolute atomic E-state index is 0.0593. The summed E-state index contributed by atoms with van der Waals surface area (Å²) in [4.78, 5) is 13.5. The van der Waals surface area contributed by atoms with Gasteiger partial charge in [0.05, 0.1) is 6.54 Å². The Hall–Kier alpha value is -2.13. The van der Waals surface area contributed by atoms with Crippen LogP contribution in [-0.2, 0) is 10.2 Å². The lowest BCUT2D eigenvalue weighted by atomic mass is 9.69. The molecule has 1 heterocycles. The highest BCUT2D eigenvalue weighted by molar-refractivity contribution is 5.76. The van der Waals surface area contributed by atoms with Gasteiger partial charge in [0, 0.05) is 12.0 Å². The lowest BCUT2D eigenvalue weighted by molar-refractivity contribution is -0.119. The number of hydrogen-bond donors (Lipinski definition) is 1. The first-order valence-electron chi connectivity index (χ1n) is 7.82. The molecular formula is C19H22N2O. The van der Waals surface area contributed by atoms with Crippen molar-refractivity contribution in [3.05, 3.63) is 71.8 Å². The molecule has 1 amide bonds. The summed E-state index contributed by atoms with van der Waals surface area (Å²) in [5, 5.41) is 0. The third-order valence-electron chi connectivity index (χ3n) is 4.60. The van der Waals surface area contributed by atoms with Crippen LogP contribution in [0.25, 0.3) is 0 Å². The number of amides is 1. The van der Waals surface area contributed by atoms with Crippen molar-refractivity contribution in [3.8, 4) is 0 Å². The van der Waals surface area contributed by atoms with Crippen LogP contribution in [0.1, 0.15) is 24.0 Å². The second-order valence-corrected chi connectivity index (χ2v) is 6.09. The smallest absolute Gasteiger partial charge is 0.231 e. The minimum atomic E-state index is -0.253. The second kappa shape index (κ2) is 6.32. The summed E-state index contributed by atoms with van der Waals surface area (Å²) < 4.78 is 0. The van der Waals surface area contributed by atoms with E-state index in [-0.39, 0.29) is 11.3 Å². The highest BCUT2D eigenvalue weighted by Gasteiger charge is 2.38. The van der Waals surface area contributed by atoms with Crippen molar-refractivity contribution in [1.82, 2.24) is 4.90 Å². The van der Waals surface area contributed by atoms with Gasteiger partial charge in [-0.05, 0) is 30.5 Å². The summed E-state index contributed by atoms with van der Waals surface area (Å²) in [5.74, 6) is -0.253. The third kappa shape index (κ3) is 2.90. The Bertz CT molecular complexity index is 585. The fourth-order valence-corrected chi connectivity index (χ4v) is 3.65. The van der Waals surface area contributed by atoms with E-state index in [0.29, 0.717) is 6.54 Å². The molecule has 2 N–H and O–H groups in total. The number of benzene rings is 2. The van der Waals surface area contributed by atoms with Crippen LogP contribution in [0.15, 0.2) is 60.7 Å². The Morgan fingerprint density at radius 3 is 2.05 bits per heavy atom. The summed E-state index contributed by atoms with van der Waals surface area (Å²) in [6.07, 6.45) is 2.16. The van der Waals surface area contributed by atoms with Crippen LogP contribution in [0.2, 0.25) is 0 Å². The van der Waals surface area contributed by atoms with Gasteiger partial charge in [-0.2, -0.15) is 0 Å². The largest absolute Gasteiger partial charge is 0.369 e. The molecule has 3 rings (SSSR count). The van der Waals surface area contributed by atoms with Crippen LogP contribution in [0, 0.1) is 0 Å². The molecule has 114 valence electrons. The zero-order valence-electron chi connectivity index (χ0n) is 12.7. The Morgan fingerprint density at radius 1 is 1.00 bits per heavy atom. The number of piperidine rings is 1. The van der Waals surface area contributed by atoms with Gasteiger partial charge in [-0.3, -0.25) is 9.69 Å². The van der Waals surface area contributed by atoms with Gasteiger partial charge in [0.15, 0.2) is 0 Å². The molecule has 0 radical (unpaired) electrons. The number of hydrogen-bond acceptors (Lipinski definition) is 2. The normalized spacial score (nSPS) is 18.0. The topological polar surface area (TPSA) is 46.3 Å². The highest BCUT2D eigenvalue weighted by Crippen LogP contribution is 2.40. The van der Waals surface area contributed by atoms with Gasteiger partial charge in [0.25, 0.3) is 0 Å². The van der Waals surface area contributed by atoms with E-state index in [9.17, 15) is 4.79 Å². The average Bonchev–Trinajstić information content (AvgIpc) is 2.56. The first-order chi connectivity index (χ1) is 10.7. The molecule has 3 nitrogen and oxygen atoms in total. The van der Waals surface area contributed by atoms with Crippen molar-refractivity contribution in [3.63, 3.8) is 0 Å². The van der Waals surface area contributed by atoms with Crippen molar-refractivity contribution < 1.29 is 4.79 Å². The van der Waals surface area contributed by atoms with E-state index >= 15 is 0 Å². The van der Waals surface area contributed by atoms with E-state index in [2.05, 4.69) is 53.4 Å². The van der Waals surface area contributed by atoms with Crippen molar-refractivity contribution in [2.75, 3.05) is 19.6 Å². The molecule has 0 aromatic heterocycles. The Balaban J connectivity index is 2.02. The summed E-state index contributed by atoms with van der Waals surface area (Å²) in [5.41, 5.74) is 7.98. The van der Waals surface area contributed by atoms with Crippen molar-refractivity contribution in [2.24, 2.45) is 5.73 Å². The molecule has 0 atom stereocenters. The SMILES string of the molecule is NC(=O)CN1CCCC(c2ccccc2)(c2ccccc2)C1. The molecule has 1 saturated heterocycles. The van der Waals surface area contributed by atoms with E-state index in [1.165, 1.54) is 11.1 Å². The fraction of sp³-hybridized carbons (Fsp3) is 0.316. The number of rotatable bonds is 4. The van der Waals surface area contributed by atoms with Gasteiger partial charge in [-0.25, -0.2) is 0 Å². The number of nitrogens with two attached hydrogens (primary N) is 1. The molecule has 1 aliphatic rings. The standard InChI is InChI=1S/C19H22N2O/c20-18(22)14-21-13-7-12-19(15-21,16-8-3-1-4-9-16)17-10-5-2-6-11-17/h1-6,8-11H,7,12-15H2,(H2,20,22). The summed E-state index contributed by atoms with van der Waals surface area (Å²) in [6, 6.07) is 21.2. The molecule has 0 bridgehead atoms. The van der Waals surface area contributed by atoms with Crippen molar-refractivity contribution in [2.45, 2.75) is 18.3 Å². The first kappa shape index (κ1) is 14.8. The highest BCUT2D eigenvalue weighted by atomic mass is 16.1. The second-order valence-electron chi connectivity index (χ2n) is 6.09. The quantitative estimate of drug-likeness (QED) is 0.942. The molecule has 1 fully saturated rings. The number of carbonyl (C=O) groups is 1. The summed E-state index contributed by atoms with van der Waals surface area (Å²) in [7, 11) is 0. The van der Waals surface area contributed by atoms with Crippen molar-refractivity contribution >= 4 is 5.91 Å². The zero-order chi connectivity index (χ0) is 15.4. The predicted octanol–water partition coefficient (Wildman–Crippen LogP) is 2.55. The van der Waals surface area contributed by atoms with Gasteiger partial charge in [0.1, 0.15) is 0 Å². The molecule has 0 spiro atoms. The Morgan fingerprint density at radius 2 is 1.55 bits per heavy atom. The molecule has 0 saturated carbocycles. The van der Waals surface area contributed by atoms with Crippen LogP contribution in [0.4, 0.5) is 0 Å². The van der Waals surface area contributed by atoms with Crippen LogP contribution >= 0.6 is 0 Å². The predicted molar refractivity (Wildman–Crippen MR) is 88.5 cm³/mol. The Labute approximate surface area is 131 Å². The maximum absolute atomic E-state index is 11.3. The molecule has 22 heavy (non-hydrogen) atoms. The minimum Gasteiger partial charge on any atom is -0.369 e. The molecule has 2 aromatic rings. The fourth-order valence-electron chi connectivity index (χ4n) is 3.65. The molecule has 3 heteroatoms. The molecular weight excluding hydrogens is 272 g/mol. The molecule has 0 unspecified atom stereocenters. The van der Waals surface area contributed by atoms with E-state index in [4.69, 9.17) is 5.73 Å². The molecule has 1 aliphatic heterocycles. The van der Waals surface area contributed by atoms with Gasteiger partial charge in [-0.15, -0.1) is 0 Å². The maximum atomic E-state index is 11.3. The van der Waals surface area contributed by atoms with Crippen LogP contribution < -0.4 is 5.73 Å². The van der Waals surface area contributed by atoms with Gasteiger partial charge < -0.3 is 5.73 Å². The number of likely N-dealkylation sites (tertiary alicyclic amines) is 1. The first-order valence-corrected chi connectivity index (χ1v) is 7.82. The van der Waals surface area contributed by atoms with E-state index in [1.54, 1.807) is 0 Å². The van der Waals surface area contributed by atoms with Crippen molar-refractivity contribution in [1.29, 1.82) is 0 Å². The summed E-state index contributed by atoms with van der Waals surface area (Å²) in [6.45, 7) is 2.11. The van der Waals surface area contributed by atoms with Gasteiger partial charge >= 0.3 is 0 Å². The van der Waals surface area contributed by atoms with Gasteiger partial charge in [-0.1, -0.05) is 60.7 Å². The summed E-state index contributed by atoms with van der Waals surface area (Å²) >= 11 is 0. The number of carbonyl (C=O) groups excluding carboxylic acids is 1. The monoisotopic (exact) mass is 294 g/mol. The lowest BCUT2D eigenvalue weighted by Crippen LogP contribution is -2.49. The number of primary amides is 1. The maximum Gasteiger partial charge on any atom is 0.231 e. The van der Waals surface area contributed by atoms with Gasteiger partial charge in [0.2, 0.25) is 5.91 Å². The molecule has 0 aliphatic carbocycles. The van der Waals surface area contributed by atoms with Crippen LogP contribution in [0.5, 0.6) is 0 Å². The van der Waals surface area contributed by atoms with E-state index in [1.807, 2.05) is 12.1 Å². The average molecular weight is 294 g/mol. The van der Waals surface area contributed by atoms with E-state index in [0.717, 1.165) is 25.9 Å². The van der Waals surface area contributed by atoms with Crippen LogP contribution in [0.3, 0.4) is 0 Å². The zero-order valence-corrected chi connectivity index (χ0v) is 12.7. The lowest BCUT2D eigenvalue weighted by Gasteiger charge is -2.43. The third-order valence-corrected chi connectivity index (χ3v) is 4.60. The van der Waals surface area contributed by atoms with E-state index < -0.39 is 0 Å². The Kier molecular flexibility index (Phi) is 4.25. The molecule has 2 aromatic carbocycles.